The fourth-order valence-corrected chi connectivity index (χ4v) is 2.04. The predicted octanol–water partition coefficient (Wildman–Crippen LogP) is 1.54. The van der Waals surface area contributed by atoms with E-state index in [1.807, 2.05) is 0 Å². The van der Waals surface area contributed by atoms with Crippen LogP contribution in [0, 0.1) is 0 Å². The Balaban J connectivity index is 2.78. The van der Waals surface area contributed by atoms with Gasteiger partial charge in [-0.05, 0) is 13.8 Å². The highest BCUT2D eigenvalue weighted by atomic mass is 19.4. The van der Waals surface area contributed by atoms with Crippen molar-refractivity contribution in [3.63, 3.8) is 0 Å². The molecule has 0 aromatic carbocycles. The van der Waals surface area contributed by atoms with Crippen LogP contribution in [0.3, 0.4) is 0 Å². The smallest absolute Gasteiger partial charge is 0.382 e. The largest absolute Gasteiger partial charge is 0.428 e. The van der Waals surface area contributed by atoms with E-state index >= 15 is 0 Å². The van der Waals surface area contributed by atoms with E-state index in [-0.39, 0.29) is 19.7 Å². The maximum absolute atomic E-state index is 13.1. The molecule has 8 heteroatoms. The number of halogens is 4. The van der Waals surface area contributed by atoms with E-state index in [4.69, 9.17) is 9.47 Å². The fraction of sp³-hybridized carbons (Fsp3) is 0.909. The Kier molecular flexibility index (Phi) is 4.78. The minimum Gasteiger partial charge on any atom is -0.382 e. The highest BCUT2D eigenvalue weighted by molar-refractivity contribution is 5.81. The summed E-state index contributed by atoms with van der Waals surface area (Å²) in [6, 6.07) is 0. The van der Waals surface area contributed by atoms with Gasteiger partial charge in [0.1, 0.15) is 0 Å². The van der Waals surface area contributed by atoms with E-state index in [1.165, 1.54) is 7.11 Å². The number of hydrogen-bond acceptors (Lipinski definition) is 3. The molecule has 19 heavy (non-hydrogen) atoms. The average Bonchev–Trinajstić information content (AvgIpc) is 2.24. The molecule has 1 heterocycles. The SMILES string of the molecule is COCC1CN(C(=O)C(F)C(F)(F)F)CC(C)(C)O1. The van der Waals surface area contributed by atoms with Crippen LogP contribution in [0.2, 0.25) is 0 Å². The Morgan fingerprint density at radius 2 is 2.11 bits per heavy atom. The summed E-state index contributed by atoms with van der Waals surface area (Å²) in [6.07, 6.45) is -9.25. The highest BCUT2D eigenvalue weighted by Gasteiger charge is 2.49. The van der Waals surface area contributed by atoms with Crippen LogP contribution in [0.15, 0.2) is 0 Å². The Labute approximate surface area is 108 Å². The molecule has 0 aromatic heterocycles. The molecule has 0 saturated carbocycles. The van der Waals surface area contributed by atoms with E-state index in [9.17, 15) is 22.4 Å². The van der Waals surface area contributed by atoms with Gasteiger partial charge >= 0.3 is 6.18 Å². The number of ether oxygens (including phenoxy) is 2. The molecule has 0 aromatic rings. The zero-order valence-electron chi connectivity index (χ0n) is 11.0. The van der Waals surface area contributed by atoms with Crippen molar-refractivity contribution < 1.29 is 31.8 Å². The minimum absolute atomic E-state index is 0.0947. The van der Waals surface area contributed by atoms with Gasteiger partial charge in [0.15, 0.2) is 0 Å². The van der Waals surface area contributed by atoms with Gasteiger partial charge in [0, 0.05) is 20.2 Å². The summed E-state index contributed by atoms with van der Waals surface area (Å²) >= 11 is 0. The molecule has 0 N–H and O–H groups in total. The van der Waals surface area contributed by atoms with Crippen LogP contribution in [-0.4, -0.2) is 61.7 Å². The first-order chi connectivity index (χ1) is 8.57. The van der Waals surface area contributed by atoms with E-state index < -0.39 is 30.0 Å². The van der Waals surface area contributed by atoms with Crippen LogP contribution in [0.25, 0.3) is 0 Å². The molecule has 1 amide bonds. The second kappa shape index (κ2) is 5.62. The Bertz CT molecular complexity index is 332. The van der Waals surface area contributed by atoms with Crippen molar-refractivity contribution in [3.05, 3.63) is 0 Å². The van der Waals surface area contributed by atoms with Crippen LogP contribution >= 0.6 is 0 Å². The normalized spacial score (nSPS) is 25.2. The second-order valence-corrected chi connectivity index (χ2v) is 5.08. The van der Waals surface area contributed by atoms with Gasteiger partial charge < -0.3 is 14.4 Å². The monoisotopic (exact) mass is 287 g/mol. The van der Waals surface area contributed by atoms with Gasteiger partial charge in [0.25, 0.3) is 12.1 Å². The molecule has 0 radical (unpaired) electrons. The number of rotatable bonds is 3. The summed E-state index contributed by atoms with van der Waals surface area (Å²) in [5.41, 5.74) is -0.845. The summed E-state index contributed by atoms with van der Waals surface area (Å²) in [4.78, 5) is 12.4. The van der Waals surface area contributed by atoms with Gasteiger partial charge in [0.2, 0.25) is 0 Å². The lowest BCUT2D eigenvalue weighted by Crippen LogP contribution is -2.58. The first-order valence-electron chi connectivity index (χ1n) is 5.73. The third-order valence-electron chi connectivity index (χ3n) is 2.65. The quantitative estimate of drug-likeness (QED) is 0.739. The van der Waals surface area contributed by atoms with Gasteiger partial charge in [-0.1, -0.05) is 0 Å². The molecule has 0 bridgehead atoms. The van der Waals surface area contributed by atoms with Crippen molar-refractivity contribution in [1.82, 2.24) is 4.90 Å². The summed E-state index contributed by atoms with van der Waals surface area (Å²) in [5.74, 6) is -1.58. The van der Waals surface area contributed by atoms with Crippen LogP contribution < -0.4 is 0 Å². The summed E-state index contributed by atoms with van der Waals surface area (Å²) < 4.78 is 60.1. The van der Waals surface area contributed by atoms with E-state index in [0.717, 1.165) is 4.90 Å². The number of hydrogen-bond donors (Lipinski definition) is 0. The molecule has 2 atom stereocenters. The Hall–Kier alpha value is -0.890. The molecule has 1 saturated heterocycles. The van der Waals surface area contributed by atoms with Crippen molar-refractivity contribution in [2.75, 3.05) is 26.8 Å². The molecule has 4 nitrogen and oxygen atoms in total. The minimum atomic E-state index is -5.18. The molecule has 1 aliphatic rings. The zero-order valence-corrected chi connectivity index (χ0v) is 11.0. The van der Waals surface area contributed by atoms with E-state index in [2.05, 4.69) is 0 Å². The summed E-state index contributed by atoms with van der Waals surface area (Å²) in [5, 5.41) is 0. The van der Waals surface area contributed by atoms with Crippen LogP contribution in [-0.2, 0) is 14.3 Å². The first-order valence-corrected chi connectivity index (χ1v) is 5.73. The molecule has 0 aliphatic carbocycles. The molecule has 112 valence electrons. The molecule has 1 fully saturated rings. The van der Waals surface area contributed by atoms with Crippen molar-refractivity contribution in [1.29, 1.82) is 0 Å². The lowest BCUT2D eigenvalue weighted by molar-refractivity contribution is -0.204. The molecule has 1 aliphatic heterocycles. The van der Waals surface area contributed by atoms with Gasteiger partial charge in [-0.2, -0.15) is 13.2 Å². The maximum atomic E-state index is 13.1. The van der Waals surface area contributed by atoms with Crippen molar-refractivity contribution >= 4 is 5.91 Å². The van der Waals surface area contributed by atoms with Gasteiger partial charge in [0.05, 0.1) is 18.3 Å². The first kappa shape index (κ1) is 16.2. The maximum Gasteiger partial charge on any atom is 0.428 e. The van der Waals surface area contributed by atoms with Gasteiger partial charge in [-0.15, -0.1) is 0 Å². The third kappa shape index (κ3) is 4.31. The van der Waals surface area contributed by atoms with E-state index in [1.54, 1.807) is 13.8 Å². The lowest BCUT2D eigenvalue weighted by Gasteiger charge is -2.43. The number of morpholine rings is 1. The average molecular weight is 287 g/mol. The highest BCUT2D eigenvalue weighted by Crippen LogP contribution is 2.28. The third-order valence-corrected chi connectivity index (χ3v) is 2.65. The van der Waals surface area contributed by atoms with Crippen molar-refractivity contribution in [2.24, 2.45) is 0 Å². The zero-order chi connectivity index (χ0) is 14.8. The number of alkyl halides is 4. The molecular formula is C11H17F4NO3. The predicted molar refractivity (Wildman–Crippen MR) is 58.4 cm³/mol. The van der Waals surface area contributed by atoms with Gasteiger partial charge in [-0.25, -0.2) is 4.39 Å². The van der Waals surface area contributed by atoms with Crippen LogP contribution in [0.5, 0.6) is 0 Å². The number of carbonyl (C=O) groups is 1. The molecule has 2 unspecified atom stereocenters. The standard InChI is InChI=1S/C11H17F4NO3/c1-10(2)6-16(4-7(19-10)5-18-3)9(17)8(12)11(13,14)15/h7-8H,4-6H2,1-3H3. The number of amides is 1. The van der Waals surface area contributed by atoms with E-state index in [0.29, 0.717) is 0 Å². The van der Waals surface area contributed by atoms with Crippen molar-refractivity contribution in [3.8, 4) is 0 Å². The Morgan fingerprint density at radius 1 is 1.53 bits per heavy atom. The van der Waals surface area contributed by atoms with Crippen LogP contribution in [0.1, 0.15) is 13.8 Å². The fourth-order valence-electron chi connectivity index (χ4n) is 2.04. The molecule has 0 spiro atoms. The number of methoxy groups -OCH3 is 1. The molecule has 1 rings (SSSR count). The Morgan fingerprint density at radius 3 is 2.58 bits per heavy atom. The number of nitrogens with zero attached hydrogens (tertiary/aromatic N) is 1. The summed E-state index contributed by atoms with van der Waals surface area (Å²) in [6.45, 7) is 3.15. The lowest BCUT2D eigenvalue weighted by atomic mass is 10.0. The molecular weight excluding hydrogens is 270 g/mol. The second-order valence-electron chi connectivity index (χ2n) is 5.08. The van der Waals surface area contributed by atoms with Crippen LogP contribution in [0.4, 0.5) is 17.6 Å². The van der Waals surface area contributed by atoms with Gasteiger partial charge in [-0.3, -0.25) is 4.79 Å². The topological polar surface area (TPSA) is 38.8 Å². The summed E-state index contributed by atoms with van der Waals surface area (Å²) in [7, 11) is 1.41. The number of carbonyl (C=O) groups excluding carboxylic acids is 1. The van der Waals surface area contributed by atoms with Crippen molar-refractivity contribution in [2.45, 2.75) is 37.9 Å².